The zero-order valence-corrected chi connectivity index (χ0v) is 19.0. The van der Waals surface area contributed by atoms with Crippen molar-refractivity contribution in [2.45, 2.75) is 32.2 Å². The second-order valence-electron chi connectivity index (χ2n) is 7.03. The van der Waals surface area contributed by atoms with Gasteiger partial charge >= 0.3 is 5.97 Å². The molecule has 0 saturated carbocycles. The van der Waals surface area contributed by atoms with Gasteiger partial charge in [-0.25, -0.2) is 4.79 Å². The van der Waals surface area contributed by atoms with E-state index in [1.165, 1.54) is 13.2 Å². The number of benzene rings is 2. The van der Waals surface area contributed by atoms with Crippen molar-refractivity contribution in [3.8, 4) is 11.5 Å². The summed E-state index contributed by atoms with van der Waals surface area (Å²) in [6.07, 6.45) is 2.15. The Labute approximate surface area is 189 Å². The molecular weight excluding hydrogens is 420 g/mol. The van der Waals surface area contributed by atoms with Crippen LogP contribution in [0.2, 0.25) is 0 Å². The lowest BCUT2D eigenvalue weighted by Crippen LogP contribution is -2.43. The molecule has 0 unspecified atom stereocenters. The predicted octanol–water partition coefficient (Wildman–Crippen LogP) is 3.01. The Kier molecular flexibility index (Phi) is 11.5. The summed E-state index contributed by atoms with van der Waals surface area (Å²) in [6.45, 7) is 3.24. The number of carbonyl (C=O) groups is 2. The number of phenols is 1. The molecule has 0 aliphatic heterocycles. The van der Waals surface area contributed by atoms with Gasteiger partial charge in [0.05, 0.1) is 19.3 Å². The fraction of sp³-hybridized carbons (Fsp3) is 0.391. The Balaban J connectivity index is 0.00000480. The maximum Gasteiger partial charge on any atom is 0.328 e. The van der Waals surface area contributed by atoms with Crippen molar-refractivity contribution >= 4 is 24.3 Å². The van der Waals surface area contributed by atoms with E-state index in [2.05, 4.69) is 10.6 Å². The predicted molar refractivity (Wildman–Crippen MR) is 122 cm³/mol. The number of aryl methyl sites for hydroxylation is 1. The van der Waals surface area contributed by atoms with Crippen LogP contribution >= 0.6 is 12.4 Å². The van der Waals surface area contributed by atoms with Gasteiger partial charge in [0.25, 0.3) is 5.91 Å². The van der Waals surface area contributed by atoms with Gasteiger partial charge < -0.3 is 25.2 Å². The first-order chi connectivity index (χ1) is 14.5. The van der Waals surface area contributed by atoms with Crippen molar-refractivity contribution in [3.63, 3.8) is 0 Å². The number of carbonyl (C=O) groups excluding carboxylic acids is 2. The van der Waals surface area contributed by atoms with E-state index in [0.29, 0.717) is 12.4 Å². The average molecular weight is 451 g/mol. The summed E-state index contributed by atoms with van der Waals surface area (Å²) in [7, 11) is 3.17. The lowest BCUT2D eigenvalue weighted by atomic mass is 10.0. The summed E-state index contributed by atoms with van der Waals surface area (Å²) in [5, 5.41) is 16.1. The highest BCUT2D eigenvalue weighted by atomic mass is 35.5. The van der Waals surface area contributed by atoms with Crippen molar-refractivity contribution in [2.24, 2.45) is 0 Å². The topological polar surface area (TPSA) is 96.9 Å². The minimum atomic E-state index is -0.868. The number of amides is 1. The Hall–Kier alpha value is -2.77. The van der Waals surface area contributed by atoms with E-state index < -0.39 is 17.9 Å². The molecule has 0 aromatic heterocycles. The van der Waals surface area contributed by atoms with Gasteiger partial charge in [-0.1, -0.05) is 30.3 Å². The molecule has 7 nitrogen and oxygen atoms in total. The highest BCUT2D eigenvalue weighted by Crippen LogP contribution is 2.28. The first-order valence-corrected chi connectivity index (χ1v) is 10.00. The maximum absolute atomic E-state index is 12.8. The quantitative estimate of drug-likeness (QED) is 0.359. The van der Waals surface area contributed by atoms with Crippen LogP contribution < -0.4 is 15.4 Å². The third kappa shape index (κ3) is 8.11. The number of esters is 1. The first-order valence-electron chi connectivity index (χ1n) is 10.00. The number of aromatic hydroxyl groups is 1. The minimum Gasteiger partial charge on any atom is -0.507 e. The standard InChI is InChI=1S/C23H30N2O5.ClH/c1-16-13-18(20(26)15-21(16)30-12-8-7-11-24-2)22(27)25-19(23(28)29-3)14-17-9-5-4-6-10-17;/h4-6,9-10,13,15,19,24,26H,7-8,11-12,14H2,1-3H3,(H,25,27);1H/t19-;/m0./s1. The van der Waals surface area contributed by atoms with Gasteiger partial charge in [-0.05, 0) is 50.6 Å². The number of halogens is 1. The van der Waals surface area contributed by atoms with Crippen molar-refractivity contribution in [1.82, 2.24) is 10.6 Å². The smallest absolute Gasteiger partial charge is 0.328 e. The molecule has 3 N–H and O–H groups in total. The van der Waals surface area contributed by atoms with Crippen LogP contribution in [0.3, 0.4) is 0 Å². The SMILES string of the molecule is CNCCCCOc1cc(O)c(C(=O)N[C@@H](Cc2ccccc2)C(=O)OC)cc1C.Cl. The second-order valence-corrected chi connectivity index (χ2v) is 7.03. The maximum atomic E-state index is 12.8. The molecule has 2 aromatic carbocycles. The van der Waals surface area contributed by atoms with Crippen molar-refractivity contribution in [1.29, 1.82) is 0 Å². The summed E-state index contributed by atoms with van der Waals surface area (Å²) in [6, 6.07) is 11.5. The van der Waals surface area contributed by atoms with Gasteiger partial charge in [-0.3, -0.25) is 4.79 Å². The van der Waals surface area contributed by atoms with Crippen LogP contribution in [0, 0.1) is 6.92 Å². The lowest BCUT2D eigenvalue weighted by molar-refractivity contribution is -0.142. The summed E-state index contributed by atoms with van der Waals surface area (Å²) in [5.41, 5.74) is 1.69. The van der Waals surface area contributed by atoms with Crippen LogP contribution in [-0.2, 0) is 16.0 Å². The fourth-order valence-electron chi connectivity index (χ4n) is 3.02. The third-order valence-corrected chi connectivity index (χ3v) is 4.69. The number of hydrogen-bond acceptors (Lipinski definition) is 6. The molecule has 2 rings (SSSR count). The molecule has 31 heavy (non-hydrogen) atoms. The number of rotatable bonds is 11. The van der Waals surface area contributed by atoms with Gasteiger partial charge in [0, 0.05) is 12.5 Å². The molecule has 0 heterocycles. The van der Waals surface area contributed by atoms with Crippen molar-refractivity contribution in [2.75, 3.05) is 27.3 Å². The molecule has 0 spiro atoms. The molecule has 0 fully saturated rings. The van der Waals surface area contributed by atoms with E-state index in [0.717, 1.165) is 30.5 Å². The highest BCUT2D eigenvalue weighted by Gasteiger charge is 2.24. The van der Waals surface area contributed by atoms with E-state index in [1.807, 2.05) is 37.4 Å². The Bertz CT molecular complexity index is 845. The van der Waals surface area contributed by atoms with E-state index in [4.69, 9.17) is 9.47 Å². The zero-order chi connectivity index (χ0) is 21.9. The van der Waals surface area contributed by atoms with Crippen LogP contribution in [0.5, 0.6) is 11.5 Å². The first kappa shape index (κ1) is 26.3. The Morgan fingerprint density at radius 3 is 2.48 bits per heavy atom. The zero-order valence-electron chi connectivity index (χ0n) is 18.1. The molecule has 0 aliphatic carbocycles. The van der Waals surface area contributed by atoms with E-state index in [1.54, 1.807) is 13.0 Å². The molecule has 2 aromatic rings. The largest absolute Gasteiger partial charge is 0.507 e. The summed E-state index contributed by atoms with van der Waals surface area (Å²) in [5.74, 6) is -0.776. The number of methoxy groups -OCH3 is 1. The van der Waals surface area contributed by atoms with Crippen molar-refractivity contribution < 1.29 is 24.2 Å². The van der Waals surface area contributed by atoms with E-state index >= 15 is 0 Å². The van der Waals surface area contributed by atoms with Crippen LogP contribution in [0.1, 0.15) is 34.3 Å². The van der Waals surface area contributed by atoms with Crippen LogP contribution in [0.15, 0.2) is 42.5 Å². The third-order valence-electron chi connectivity index (χ3n) is 4.69. The summed E-state index contributed by atoms with van der Waals surface area (Å²) < 4.78 is 10.5. The fourth-order valence-corrected chi connectivity index (χ4v) is 3.02. The second kappa shape index (κ2) is 13.5. The summed E-state index contributed by atoms with van der Waals surface area (Å²) in [4.78, 5) is 24.9. The molecule has 8 heteroatoms. The molecule has 0 bridgehead atoms. The minimum absolute atomic E-state index is 0. The molecule has 0 aliphatic rings. The van der Waals surface area contributed by atoms with E-state index in [9.17, 15) is 14.7 Å². The molecule has 0 saturated heterocycles. The van der Waals surface area contributed by atoms with Crippen LogP contribution in [-0.4, -0.2) is 50.3 Å². The number of ether oxygens (including phenoxy) is 2. The highest BCUT2D eigenvalue weighted by molar-refractivity contribution is 5.99. The lowest BCUT2D eigenvalue weighted by Gasteiger charge is -2.18. The van der Waals surface area contributed by atoms with Gasteiger partial charge in [0.1, 0.15) is 17.5 Å². The van der Waals surface area contributed by atoms with Crippen molar-refractivity contribution in [3.05, 3.63) is 59.2 Å². The van der Waals surface area contributed by atoms with Gasteiger partial charge in [0.2, 0.25) is 0 Å². The number of nitrogens with one attached hydrogen (secondary N) is 2. The Morgan fingerprint density at radius 1 is 1.13 bits per heavy atom. The normalized spacial score (nSPS) is 11.2. The monoisotopic (exact) mass is 450 g/mol. The van der Waals surface area contributed by atoms with Crippen LogP contribution in [0.25, 0.3) is 0 Å². The summed E-state index contributed by atoms with van der Waals surface area (Å²) >= 11 is 0. The number of unbranched alkanes of at least 4 members (excludes halogenated alkanes) is 1. The molecule has 170 valence electrons. The molecule has 0 radical (unpaired) electrons. The molecule has 1 atom stereocenters. The van der Waals surface area contributed by atoms with E-state index in [-0.39, 0.29) is 30.1 Å². The van der Waals surface area contributed by atoms with Gasteiger partial charge in [-0.2, -0.15) is 0 Å². The van der Waals surface area contributed by atoms with Gasteiger partial charge in [-0.15, -0.1) is 12.4 Å². The number of phenolic OH excluding ortho intramolecular Hbond substituents is 1. The molecule has 1 amide bonds. The Morgan fingerprint density at radius 2 is 1.84 bits per heavy atom. The average Bonchev–Trinajstić information content (AvgIpc) is 2.75. The van der Waals surface area contributed by atoms with Gasteiger partial charge in [0.15, 0.2) is 0 Å². The molecular formula is C23H31ClN2O5. The number of hydrogen-bond donors (Lipinski definition) is 3. The van der Waals surface area contributed by atoms with Crippen LogP contribution in [0.4, 0.5) is 0 Å².